The topological polar surface area (TPSA) is 98.0 Å². The molecule has 0 radical (unpaired) electrons. The number of carbonyl (C=O) groups is 1. The molecule has 0 heterocycles. The SMILES string of the molecule is O=CC(O)C(O)C(O)CCO. The summed E-state index contributed by atoms with van der Waals surface area (Å²) in [4.78, 5) is 9.87. The quantitative estimate of drug-likeness (QED) is 0.341. The van der Waals surface area contributed by atoms with E-state index in [9.17, 15) is 4.79 Å². The van der Waals surface area contributed by atoms with E-state index < -0.39 is 18.3 Å². The van der Waals surface area contributed by atoms with Gasteiger partial charge in [-0.2, -0.15) is 0 Å². The lowest BCUT2D eigenvalue weighted by Gasteiger charge is -2.17. The Morgan fingerprint density at radius 1 is 1.27 bits per heavy atom. The monoisotopic (exact) mass is 164 g/mol. The number of aliphatic hydroxyl groups excluding tert-OH is 4. The fourth-order valence-electron chi connectivity index (χ4n) is 0.611. The van der Waals surface area contributed by atoms with E-state index >= 15 is 0 Å². The van der Waals surface area contributed by atoms with Gasteiger partial charge in [-0.25, -0.2) is 0 Å². The molecular weight excluding hydrogens is 152 g/mol. The highest BCUT2D eigenvalue weighted by Gasteiger charge is 2.23. The third kappa shape index (κ3) is 3.43. The van der Waals surface area contributed by atoms with E-state index in [4.69, 9.17) is 20.4 Å². The highest BCUT2D eigenvalue weighted by molar-refractivity contribution is 5.56. The summed E-state index contributed by atoms with van der Waals surface area (Å²) in [5.41, 5.74) is 0. The molecule has 3 unspecified atom stereocenters. The predicted molar refractivity (Wildman–Crippen MR) is 35.8 cm³/mol. The van der Waals surface area contributed by atoms with Gasteiger partial charge < -0.3 is 25.2 Å². The molecule has 0 aliphatic heterocycles. The molecule has 0 aromatic heterocycles. The lowest BCUT2D eigenvalue weighted by molar-refractivity contribution is -0.126. The van der Waals surface area contributed by atoms with Crippen LogP contribution in [0.2, 0.25) is 0 Å². The number of hydrogen-bond donors (Lipinski definition) is 4. The van der Waals surface area contributed by atoms with Crippen LogP contribution in [0.4, 0.5) is 0 Å². The predicted octanol–water partition coefficient (Wildman–Crippen LogP) is -2.35. The minimum atomic E-state index is -1.59. The van der Waals surface area contributed by atoms with Crippen molar-refractivity contribution in [2.75, 3.05) is 6.61 Å². The maximum Gasteiger partial charge on any atom is 0.151 e. The molecule has 3 atom stereocenters. The minimum Gasteiger partial charge on any atom is -0.396 e. The standard InChI is InChI=1S/C6H12O5/c7-2-1-4(9)6(11)5(10)3-8/h3-7,9-11H,1-2H2. The van der Waals surface area contributed by atoms with Gasteiger partial charge in [0.15, 0.2) is 6.29 Å². The van der Waals surface area contributed by atoms with Crippen molar-refractivity contribution in [2.24, 2.45) is 0 Å². The number of hydrogen-bond acceptors (Lipinski definition) is 5. The van der Waals surface area contributed by atoms with Gasteiger partial charge in [0.25, 0.3) is 0 Å². The molecule has 5 nitrogen and oxygen atoms in total. The maximum absolute atomic E-state index is 9.87. The normalized spacial score (nSPS) is 18.9. The molecule has 0 fully saturated rings. The maximum atomic E-state index is 9.87. The molecule has 5 heteroatoms. The van der Waals surface area contributed by atoms with Gasteiger partial charge in [-0.3, -0.25) is 0 Å². The lowest BCUT2D eigenvalue weighted by Crippen LogP contribution is -2.38. The molecule has 4 N–H and O–H groups in total. The highest BCUT2D eigenvalue weighted by Crippen LogP contribution is 2.01. The molecule has 0 aliphatic rings. The number of rotatable bonds is 5. The third-order valence-electron chi connectivity index (χ3n) is 1.31. The van der Waals surface area contributed by atoms with Crippen LogP contribution < -0.4 is 0 Å². The lowest BCUT2D eigenvalue weighted by atomic mass is 10.1. The van der Waals surface area contributed by atoms with Gasteiger partial charge >= 0.3 is 0 Å². The van der Waals surface area contributed by atoms with E-state index in [0.29, 0.717) is 0 Å². The van der Waals surface area contributed by atoms with E-state index in [1.165, 1.54) is 0 Å². The smallest absolute Gasteiger partial charge is 0.151 e. The molecule has 0 aromatic carbocycles. The van der Waals surface area contributed by atoms with Crippen LogP contribution in [0.25, 0.3) is 0 Å². The Bertz CT molecular complexity index is 116. The van der Waals surface area contributed by atoms with E-state index in [-0.39, 0.29) is 19.3 Å². The zero-order valence-electron chi connectivity index (χ0n) is 5.92. The van der Waals surface area contributed by atoms with Gasteiger partial charge in [0, 0.05) is 6.61 Å². The van der Waals surface area contributed by atoms with E-state index in [1.54, 1.807) is 0 Å². The van der Waals surface area contributed by atoms with Crippen molar-refractivity contribution in [3.05, 3.63) is 0 Å². The molecular formula is C6H12O5. The first-order valence-corrected chi connectivity index (χ1v) is 3.23. The molecule has 0 bridgehead atoms. The first kappa shape index (κ1) is 10.5. The van der Waals surface area contributed by atoms with Gasteiger partial charge in [-0.05, 0) is 6.42 Å². The van der Waals surface area contributed by atoms with Crippen molar-refractivity contribution in [1.82, 2.24) is 0 Å². The summed E-state index contributed by atoms with van der Waals surface area (Å²) >= 11 is 0. The van der Waals surface area contributed by atoms with E-state index in [2.05, 4.69) is 0 Å². The Balaban J connectivity index is 3.79. The highest BCUT2D eigenvalue weighted by atomic mass is 16.4. The Hall–Kier alpha value is -0.490. The fraction of sp³-hybridized carbons (Fsp3) is 0.833. The average molecular weight is 164 g/mol. The molecule has 0 spiro atoms. The van der Waals surface area contributed by atoms with Crippen LogP contribution in [-0.2, 0) is 4.79 Å². The van der Waals surface area contributed by atoms with Crippen molar-refractivity contribution >= 4 is 6.29 Å². The minimum absolute atomic E-state index is 0.0634. The molecule has 0 aliphatic carbocycles. The molecule has 11 heavy (non-hydrogen) atoms. The van der Waals surface area contributed by atoms with Crippen LogP contribution in [0.5, 0.6) is 0 Å². The Labute approximate surface area is 63.9 Å². The second-order valence-corrected chi connectivity index (χ2v) is 2.20. The molecule has 0 saturated heterocycles. The fourth-order valence-corrected chi connectivity index (χ4v) is 0.611. The number of aldehydes is 1. The Morgan fingerprint density at radius 3 is 2.18 bits per heavy atom. The molecule has 66 valence electrons. The van der Waals surface area contributed by atoms with Gasteiger partial charge in [0.05, 0.1) is 6.10 Å². The van der Waals surface area contributed by atoms with Gasteiger partial charge in [-0.15, -0.1) is 0 Å². The largest absolute Gasteiger partial charge is 0.396 e. The van der Waals surface area contributed by atoms with Gasteiger partial charge in [-0.1, -0.05) is 0 Å². The van der Waals surface area contributed by atoms with Crippen LogP contribution in [0.15, 0.2) is 0 Å². The van der Waals surface area contributed by atoms with Crippen molar-refractivity contribution in [1.29, 1.82) is 0 Å². The molecule has 0 saturated carbocycles. The average Bonchev–Trinajstić information content (AvgIpc) is 2.02. The molecule has 0 aromatic rings. The van der Waals surface area contributed by atoms with Crippen molar-refractivity contribution < 1.29 is 25.2 Å². The first-order valence-electron chi connectivity index (χ1n) is 3.23. The second kappa shape index (κ2) is 5.20. The number of aliphatic hydroxyl groups is 4. The summed E-state index contributed by atoms with van der Waals surface area (Å²) in [5.74, 6) is 0. The second-order valence-electron chi connectivity index (χ2n) is 2.20. The molecule has 0 amide bonds. The van der Waals surface area contributed by atoms with Crippen molar-refractivity contribution in [3.63, 3.8) is 0 Å². The number of carbonyl (C=O) groups excluding carboxylic acids is 1. The van der Waals surface area contributed by atoms with Gasteiger partial charge in [0.1, 0.15) is 12.2 Å². The summed E-state index contributed by atoms with van der Waals surface area (Å²) in [5, 5.41) is 34.7. The summed E-state index contributed by atoms with van der Waals surface area (Å²) in [6.45, 7) is -0.302. The summed E-state index contributed by atoms with van der Waals surface area (Å²) in [6.07, 6.45) is -4.30. The Morgan fingerprint density at radius 2 is 1.82 bits per heavy atom. The van der Waals surface area contributed by atoms with Crippen molar-refractivity contribution in [3.8, 4) is 0 Å². The van der Waals surface area contributed by atoms with E-state index in [0.717, 1.165) is 0 Å². The zero-order valence-corrected chi connectivity index (χ0v) is 5.92. The third-order valence-corrected chi connectivity index (χ3v) is 1.31. The van der Waals surface area contributed by atoms with Crippen LogP contribution in [0.3, 0.4) is 0 Å². The summed E-state index contributed by atoms with van der Waals surface area (Å²) in [7, 11) is 0. The summed E-state index contributed by atoms with van der Waals surface area (Å²) in [6, 6.07) is 0. The zero-order chi connectivity index (χ0) is 8.85. The first-order chi connectivity index (χ1) is 5.13. The van der Waals surface area contributed by atoms with Crippen molar-refractivity contribution in [2.45, 2.75) is 24.7 Å². The Kier molecular flexibility index (Phi) is 4.97. The van der Waals surface area contributed by atoms with Crippen LogP contribution in [-0.4, -0.2) is 51.6 Å². The van der Waals surface area contributed by atoms with Gasteiger partial charge in [0.2, 0.25) is 0 Å². The summed E-state index contributed by atoms with van der Waals surface area (Å²) < 4.78 is 0. The van der Waals surface area contributed by atoms with Crippen LogP contribution in [0.1, 0.15) is 6.42 Å². The van der Waals surface area contributed by atoms with Crippen LogP contribution >= 0.6 is 0 Å². The molecule has 0 rings (SSSR count). The van der Waals surface area contributed by atoms with Crippen LogP contribution in [0, 0.1) is 0 Å². The van der Waals surface area contributed by atoms with E-state index in [1.807, 2.05) is 0 Å².